The summed E-state index contributed by atoms with van der Waals surface area (Å²) in [5, 5.41) is 9.11. The molecular weight excluding hydrogens is 232 g/mol. The van der Waals surface area contributed by atoms with E-state index in [9.17, 15) is 9.59 Å². The molecule has 2 atom stereocenters. The Balaban J connectivity index is 2.67. The Kier molecular flexibility index (Phi) is 5.48. The number of aliphatic carboxylic acids is 1. The van der Waals surface area contributed by atoms with Crippen LogP contribution < -0.4 is 11.5 Å². The third-order valence-corrected chi connectivity index (χ3v) is 2.79. The Hall–Kier alpha value is -1.72. The Morgan fingerprint density at radius 3 is 2.33 bits per heavy atom. The highest BCUT2D eigenvalue weighted by Crippen LogP contribution is 2.13. The molecular formula is C13H18N2O3. The van der Waals surface area contributed by atoms with Crippen LogP contribution in [0.1, 0.15) is 12.0 Å². The second kappa shape index (κ2) is 6.88. The molecule has 0 saturated heterocycles. The van der Waals surface area contributed by atoms with Crippen molar-refractivity contribution in [1.29, 1.82) is 0 Å². The summed E-state index contributed by atoms with van der Waals surface area (Å²) in [6, 6.07) is 8.42. The van der Waals surface area contributed by atoms with Crippen molar-refractivity contribution >= 4 is 11.8 Å². The van der Waals surface area contributed by atoms with Crippen molar-refractivity contribution in [3.63, 3.8) is 0 Å². The summed E-state index contributed by atoms with van der Waals surface area (Å²) in [5.41, 5.74) is 11.7. The van der Waals surface area contributed by atoms with Crippen LogP contribution in [0.2, 0.25) is 0 Å². The van der Waals surface area contributed by atoms with Gasteiger partial charge in [0.15, 0.2) is 5.78 Å². The van der Waals surface area contributed by atoms with Gasteiger partial charge in [0.1, 0.15) is 0 Å². The fourth-order valence-corrected chi connectivity index (χ4v) is 1.67. The number of carboxylic acid groups (broad SMARTS) is 1. The molecule has 98 valence electrons. The second-order valence-electron chi connectivity index (χ2n) is 4.24. The molecule has 0 fully saturated rings. The Morgan fingerprint density at radius 2 is 1.83 bits per heavy atom. The molecule has 0 aromatic heterocycles. The summed E-state index contributed by atoms with van der Waals surface area (Å²) >= 11 is 0. The largest absolute Gasteiger partial charge is 0.481 e. The monoisotopic (exact) mass is 250 g/mol. The summed E-state index contributed by atoms with van der Waals surface area (Å²) in [6.07, 6.45) is 0.238. The normalized spacial score (nSPS) is 13.9. The number of nitrogens with two attached hydrogens (primary N) is 2. The van der Waals surface area contributed by atoms with E-state index in [1.54, 1.807) is 0 Å². The first-order valence-corrected chi connectivity index (χ1v) is 5.79. The highest BCUT2D eigenvalue weighted by Gasteiger charge is 2.24. The van der Waals surface area contributed by atoms with E-state index in [0.29, 0.717) is 6.42 Å². The molecule has 0 aliphatic carbocycles. The van der Waals surface area contributed by atoms with Crippen molar-refractivity contribution in [1.82, 2.24) is 0 Å². The van der Waals surface area contributed by atoms with E-state index in [2.05, 4.69) is 0 Å². The Morgan fingerprint density at radius 1 is 1.22 bits per heavy atom. The van der Waals surface area contributed by atoms with Crippen LogP contribution >= 0.6 is 0 Å². The zero-order valence-electron chi connectivity index (χ0n) is 10.1. The van der Waals surface area contributed by atoms with Crippen LogP contribution in [0.3, 0.4) is 0 Å². The lowest BCUT2D eigenvalue weighted by Crippen LogP contribution is -2.39. The molecule has 1 rings (SSSR count). The van der Waals surface area contributed by atoms with Gasteiger partial charge >= 0.3 is 5.97 Å². The molecule has 18 heavy (non-hydrogen) atoms. The van der Waals surface area contributed by atoms with Crippen molar-refractivity contribution in [2.45, 2.75) is 18.9 Å². The van der Waals surface area contributed by atoms with Crippen molar-refractivity contribution in [2.24, 2.45) is 17.4 Å². The smallest absolute Gasteiger partial charge is 0.307 e. The molecule has 0 heterocycles. The van der Waals surface area contributed by atoms with Crippen LogP contribution in [-0.2, 0) is 16.0 Å². The van der Waals surface area contributed by atoms with E-state index >= 15 is 0 Å². The maximum Gasteiger partial charge on any atom is 0.307 e. The van der Waals surface area contributed by atoms with Gasteiger partial charge in [-0.2, -0.15) is 0 Å². The van der Waals surface area contributed by atoms with Crippen LogP contribution in [0.25, 0.3) is 0 Å². The zero-order valence-corrected chi connectivity index (χ0v) is 10.1. The van der Waals surface area contributed by atoms with Gasteiger partial charge in [-0.05, 0) is 12.0 Å². The lowest BCUT2D eigenvalue weighted by Gasteiger charge is -2.14. The number of carboxylic acids is 1. The molecule has 0 unspecified atom stereocenters. The minimum absolute atomic E-state index is 0.0382. The molecule has 0 spiro atoms. The molecule has 5 nitrogen and oxygen atoms in total. The SMILES string of the molecule is NC[C@@H](N)C(=O)C[C@@H](Cc1ccccc1)C(=O)O. The number of carbonyl (C=O) groups is 2. The van der Waals surface area contributed by atoms with Crippen molar-refractivity contribution in [3.8, 4) is 0 Å². The molecule has 1 aromatic rings. The highest BCUT2D eigenvalue weighted by molar-refractivity contribution is 5.87. The van der Waals surface area contributed by atoms with Crippen molar-refractivity contribution in [3.05, 3.63) is 35.9 Å². The minimum Gasteiger partial charge on any atom is -0.481 e. The van der Waals surface area contributed by atoms with E-state index in [1.165, 1.54) is 0 Å². The van der Waals surface area contributed by atoms with Crippen LogP contribution in [0.5, 0.6) is 0 Å². The van der Waals surface area contributed by atoms with E-state index in [0.717, 1.165) is 5.56 Å². The van der Waals surface area contributed by atoms with E-state index < -0.39 is 17.9 Å². The molecule has 1 aromatic carbocycles. The second-order valence-corrected chi connectivity index (χ2v) is 4.24. The summed E-state index contributed by atoms with van der Waals surface area (Å²) in [5.74, 6) is -2.05. The van der Waals surface area contributed by atoms with Crippen molar-refractivity contribution < 1.29 is 14.7 Å². The number of rotatable bonds is 7. The first-order valence-electron chi connectivity index (χ1n) is 5.79. The van der Waals surface area contributed by atoms with Gasteiger partial charge < -0.3 is 16.6 Å². The standard InChI is InChI=1S/C13H18N2O3/c14-8-11(15)12(16)7-10(13(17)18)6-9-4-2-1-3-5-9/h1-5,10-11H,6-8,14-15H2,(H,17,18)/t10-,11-/m1/s1. The van der Waals surface area contributed by atoms with Gasteiger partial charge in [-0.15, -0.1) is 0 Å². The van der Waals surface area contributed by atoms with Gasteiger partial charge in [0.2, 0.25) is 0 Å². The fraction of sp³-hybridized carbons (Fsp3) is 0.385. The topological polar surface area (TPSA) is 106 Å². The number of benzene rings is 1. The fourth-order valence-electron chi connectivity index (χ4n) is 1.67. The summed E-state index contributed by atoms with van der Waals surface area (Å²) in [4.78, 5) is 22.7. The zero-order chi connectivity index (χ0) is 13.5. The molecule has 0 aliphatic rings. The maximum atomic E-state index is 11.6. The number of hydrogen-bond donors (Lipinski definition) is 3. The van der Waals surface area contributed by atoms with E-state index in [-0.39, 0.29) is 18.7 Å². The molecule has 0 amide bonds. The molecule has 0 bridgehead atoms. The van der Waals surface area contributed by atoms with Gasteiger partial charge in [0.05, 0.1) is 12.0 Å². The van der Waals surface area contributed by atoms with Crippen LogP contribution in [0.15, 0.2) is 30.3 Å². The average molecular weight is 250 g/mol. The third kappa shape index (κ3) is 4.27. The lowest BCUT2D eigenvalue weighted by molar-refractivity contribution is -0.143. The minimum atomic E-state index is -0.989. The van der Waals surface area contributed by atoms with Gasteiger partial charge in [-0.1, -0.05) is 30.3 Å². The predicted octanol–water partition coefficient (Wildman–Crippen LogP) is 0.175. The maximum absolute atomic E-state index is 11.6. The number of ketones is 1. The van der Waals surface area contributed by atoms with Crippen molar-refractivity contribution in [2.75, 3.05) is 6.54 Å². The Bertz CT molecular complexity index is 406. The molecule has 5 heteroatoms. The quantitative estimate of drug-likeness (QED) is 0.639. The third-order valence-electron chi connectivity index (χ3n) is 2.79. The molecule has 0 aliphatic heterocycles. The van der Waals surface area contributed by atoms with E-state index in [4.69, 9.17) is 16.6 Å². The molecule has 0 radical (unpaired) electrons. The van der Waals surface area contributed by atoms with Gasteiger partial charge in [0.25, 0.3) is 0 Å². The van der Waals surface area contributed by atoms with E-state index in [1.807, 2.05) is 30.3 Å². The number of Topliss-reactive ketones (excluding diaryl/α,β-unsaturated/α-hetero) is 1. The van der Waals surface area contributed by atoms with Gasteiger partial charge in [0, 0.05) is 13.0 Å². The van der Waals surface area contributed by atoms with Gasteiger partial charge in [-0.25, -0.2) is 0 Å². The van der Waals surface area contributed by atoms with Gasteiger partial charge in [-0.3, -0.25) is 9.59 Å². The first-order chi connectivity index (χ1) is 8.54. The van der Waals surface area contributed by atoms with Crippen LogP contribution in [-0.4, -0.2) is 29.4 Å². The summed E-state index contributed by atoms with van der Waals surface area (Å²) in [6.45, 7) is 0.0382. The van der Waals surface area contributed by atoms with Crippen LogP contribution in [0.4, 0.5) is 0 Å². The predicted molar refractivity (Wildman–Crippen MR) is 67.9 cm³/mol. The number of carbonyl (C=O) groups excluding carboxylic acids is 1. The van der Waals surface area contributed by atoms with Crippen LogP contribution in [0, 0.1) is 5.92 Å². The molecule has 0 saturated carbocycles. The average Bonchev–Trinajstić information content (AvgIpc) is 2.37. The summed E-state index contributed by atoms with van der Waals surface area (Å²) < 4.78 is 0. The highest BCUT2D eigenvalue weighted by atomic mass is 16.4. The Labute approximate surface area is 106 Å². The molecule has 5 N–H and O–H groups in total. The lowest BCUT2D eigenvalue weighted by atomic mass is 9.92. The summed E-state index contributed by atoms with van der Waals surface area (Å²) in [7, 11) is 0. The first kappa shape index (κ1) is 14.3. The number of hydrogen-bond acceptors (Lipinski definition) is 4.